The van der Waals surface area contributed by atoms with E-state index in [1.165, 1.54) is 11.0 Å². The Morgan fingerprint density at radius 1 is 1.41 bits per heavy atom. The highest BCUT2D eigenvalue weighted by atomic mass is 16.5. The highest BCUT2D eigenvalue weighted by Crippen LogP contribution is 2.13. The molecule has 0 aliphatic rings. The number of primary amides is 1. The van der Waals surface area contributed by atoms with Crippen molar-refractivity contribution >= 4 is 17.9 Å². The van der Waals surface area contributed by atoms with Crippen molar-refractivity contribution in [1.29, 1.82) is 5.26 Å². The molecule has 1 unspecified atom stereocenters. The Kier molecular flexibility index (Phi) is 6.64. The number of hydrogen-bond acceptors (Lipinski definition) is 4. The second-order valence-electron chi connectivity index (χ2n) is 4.91. The van der Waals surface area contributed by atoms with Crippen LogP contribution in [0.5, 0.6) is 5.75 Å². The largest absolute Gasteiger partial charge is 0.484 e. The summed E-state index contributed by atoms with van der Waals surface area (Å²) in [5, 5.41) is 8.73. The molecule has 1 atom stereocenters. The fourth-order valence-corrected chi connectivity index (χ4v) is 1.67. The van der Waals surface area contributed by atoms with Crippen LogP contribution < -0.4 is 10.5 Å². The van der Waals surface area contributed by atoms with E-state index in [0.29, 0.717) is 12.3 Å². The summed E-state index contributed by atoms with van der Waals surface area (Å²) in [6.07, 6.45) is 3.12. The van der Waals surface area contributed by atoms with Gasteiger partial charge in [0.2, 0.25) is 5.91 Å². The number of amides is 2. The Hall–Kier alpha value is -2.81. The molecule has 116 valence electrons. The summed E-state index contributed by atoms with van der Waals surface area (Å²) in [6.45, 7) is 1.98. The van der Waals surface area contributed by atoms with E-state index in [1.54, 1.807) is 44.3 Å². The standard InChI is InChI=1S/C16H19N3O3/c1-12(9-17)10-19(2)16(21)8-5-13-3-6-14(7-4-13)22-11-15(18)20/h3-8,12H,10-11H2,1-2H3,(H2,18,20). The normalized spacial score (nSPS) is 11.7. The summed E-state index contributed by atoms with van der Waals surface area (Å²) in [5.41, 5.74) is 5.81. The third-order valence-electron chi connectivity index (χ3n) is 2.82. The van der Waals surface area contributed by atoms with Crippen LogP contribution in [0.3, 0.4) is 0 Å². The monoisotopic (exact) mass is 301 g/mol. The van der Waals surface area contributed by atoms with E-state index < -0.39 is 5.91 Å². The molecule has 0 saturated heterocycles. The fourth-order valence-electron chi connectivity index (χ4n) is 1.67. The highest BCUT2D eigenvalue weighted by Gasteiger charge is 2.08. The smallest absolute Gasteiger partial charge is 0.255 e. The Morgan fingerprint density at radius 2 is 2.05 bits per heavy atom. The number of nitrogens with two attached hydrogens (primary N) is 1. The Morgan fingerprint density at radius 3 is 2.59 bits per heavy atom. The molecule has 0 saturated carbocycles. The molecule has 0 spiro atoms. The number of carbonyl (C=O) groups is 2. The maximum Gasteiger partial charge on any atom is 0.255 e. The minimum absolute atomic E-state index is 0.170. The van der Waals surface area contributed by atoms with E-state index in [-0.39, 0.29) is 18.4 Å². The van der Waals surface area contributed by atoms with Gasteiger partial charge in [0.25, 0.3) is 5.91 Å². The Labute approximate surface area is 129 Å². The Balaban J connectivity index is 2.57. The Bertz CT molecular complexity index is 588. The minimum atomic E-state index is -0.538. The topological polar surface area (TPSA) is 96.4 Å². The van der Waals surface area contributed by atoms with Gasteiger partial charge in [-0.1, -0.05) is 12.1 Å². The molecular formula is C16H19N3O3. The lowest BCUT2D eigenvalue weighted by Crippen LogP contribution is -2.29. The average molecular weight is 301 g/mol. The summed E-state index contributed by atoms with van der Waals surface area (Å²) in [5.74, 6) is -0.383. The first-order valence-corrected chi connectivity index (χ1v) is 6.76. The molecule has 22 heavy (non-hydrogen) atoms. The predicted molar refractivity (Wildman–Crippen MR) is 82.6 cm³/mol. The maximum absolute atomic E-state index is 11.9. The summed E-state index contributed by atoms with van der Waals surface area (Å²) >= 11 is 0. The van der Waals surface area contributed by atoms with Crippen LogP contribution in [0.25, 0.3) is 6.08 Å². The number of hydrogen-bond donors (Lipinski definition) is 1. The molecule has 6 nitrogen and oxygen atoms in total. The lowest BCUT2D eigenvalue weighted by atomic mass is 10.2. The number of rotatable bonds is 7. The molecule has 2 amide bonds. The SMILES string of the molecule is CC(C#N)CN(C)C(=O)C=Cc1ccc(OCC(N)=O)cc1. The number of ether oxygens (including phenoxy) is 1. The van der Waals surface area contributed by atoms with Gasteiger partial charge in [0, 0.05) is 19.7 Å². The van der Waals surface area contributed by atoms with Crippen LogP contribution in [0, 0.1) is 17.2 Å². The first-order chi connectivity index (χ1) is 10.4. The summed E-state index contributed by atoms with van der Waals surface area (Å²) in [7, 11) is 1.65. The molecule has 0 aliphatic carbocycles. The van der Waals surface area contributed by atoms with Gasteiger partial charge in [-0.25, -0.2) is 0 Å². The molecule has 0 aromatic heterocycles. The van der Waals surface area contributed by atoms with Crippen LogP contribution in [0.4, 0.5) is 0 Å². The zero-order valence-corrected chi connectivity index (χ0v) is 12.7. The quantitative estimate of drug-likeness (QED) is 0.765. The highest BCUT2D eigenvalue weighted by molar-refractivity contribution is 5.91. The van der Waals surface area contributed by atoms with Crippen molar-refractivity contribution in [3.63, 3.8) is 0 Å². The second kappa shape index (κ2) is 8.47. The van der Waals surface area contributed by atoms with Crippen molar-refractivity contribution in [3.05, 3.63) is 35.9 Å². The summed E-state index contributed by atoms with van der Waals surface area (Å²) in [6, 6.07) is 8.99. The van der Waals surface area contributed by atoms with Crippen LogP contribution in [-0.4, -0.2) is 36.9 Å². The van der Waals surface area contributed by atoms with Gasteiger partial charge >= 0.3 is 0 Å². The first kappa shape index (κ1) is 17.2. The van der Waals surface area contributed by atoms with Crippen LogP contribution in [-0.2, 0) is 9.59 Å². The van der Waals surface area contributed by atoms with Gasteiger partial charge in [0.15, 0.2) is 6.61 Å². The molecule has 2 N–H and O–H groups in total. The lowest BCUT2D eigenvalue weighted by Gasteiger charge is -2.15. The van der Waals surface area contributed by atoms with E-state index in [1.807, 2.05) is 0 Å². The van der Waals surface area contributed by atoms with Crippen molar-refractivity contribution in [2.45, 2.75) is 6.92 Å². The number of nitriles is 1. The lowest BCUT2D eigenvalue weighted by molar-refractivity contribution is -0.125. The van der Waals surface area contributed by atoms with Crippen molar-refractivity contribution in [1.82, 2.24) is 4.90 Å². The molecule has 1 aromatic carbocycles. The average Bonchev–Trinajstić information content (AvgIpc) is 2.51. The van der Waals surface area contributed by atoms with E-state index >= 15 is 0 Å². The molecule has 1 rings (SSSR count). The molecule has 0 bridgehead atoms. The van der Waals surface area contributed by atoms with Crippen molar-refractivity contribution in [2.75, 3.05) is 20.2 Å². The molecule has 1 aromatic rings. The third kappa shape index (κ3) is 6.09. The van der Waals surface area contributed by atoms with Crippen molar-refractivity contribution in [3.8, 4) is 11.8 Å². The molecule has 6 heteroatoms. The predicted octanol–water partition coefficient (Wildman–Crippen LogP) is 1.18. The van der Waals surface area contributed by atoms with Gasteiger partial charge in [-0.2, -0.15) is 5.26 Å². The number of benzene rings is 1. The van der Waals surface area contributed by atoms with Gasteiger partial charge in [-0.15, -0.1) is 0 Å². The van der Waals surface area contributed by atoms with Gasteiger partial charge in [-0.05, 0) is 30.7 Å². The molecule has 0 fully saturated rings. The zero-order valence-electron chi connectivity index (χ0n) is 12.7. The fraction of sp³-hybridized carbons (Fsp3) is 0.312. The number of carbonyl (C=O) groups excluding carboxylic acids is 2. The van der Waals surface area contributed by atoms with Crippen LogP contribution in [0.2, 0.25) is 0 Å². The summed E-state index contributed by atoms with van der Waals surface area (Å²) in [4.78, 5) is 24.0. The minimum Gasteiger partial charge on any atom is -0.484 e. The van der Waals surface area contributed by atoms with Crippen LogP contribution >= 0.6 is 0 Å². The molecule has 0 radical (unpaired) electrons. The van der Waals surface area contributed by atoms with Crippen LogP contribution in [0.15, 0.2) is 30.3 Å². The zero-order chi connectivity index (χ0) is 16.5. The van der Waals surface area contributed by atoms with E-state index in [9.17, 15) is 9.59 Å². The van der Waals surface area contributed by atoms with Gasteiger partial charge in [0.1, 0.15) is 5.75 Å². The third-order valence-corrected chi connectivity index (χ3v) is 2.82. The van der Waals surface area contributed by atoms with E-state index in [4.69, 9.17) is 15.7 Å². The molecule has 0 aliphatic heterocycles. The van der Waals surface area contributed by atoms with Gasteiger partial charge in [-0.3, -0.25) is 9.59 Å². The first-order valence-electron chi connectivity index (χ1n) is 6.76. The van der Waals surface area contributed by atoms with Crippen LogP contribution in [0.1, 0.15) is 12.5 Å². The number of nitrogens with zero attached hydrogens (tertiary/aromatic N) is 2. The maximum atomic E-state index is 11.9. The van der Waals surface area contributed by atoms with Gasteiger partial charge < -0.3 is 15.4 Å². The molecular weight excluding hydrogens is 282 g/mol. The van der Waals surface area contributed by atoms with E-state index in [2.05, 4.69) is 6.07 Å². The van der Waals surface area contributed by atoms with Gasteiger partial charge in [0.05, 0.1) is 12.0 Å². The molecule has 0 heterocycles. The van der Waals surface area contributed by atoms with Crippen molar-refractivity contribution in [2.24, 2.45) is 11.7 Å². The van der Waals surface area contributed by atoms with E-state index in [0.717, 1.165) is 5.56 Å². The second-order valence-corrected chi connectivity index (χ2v) is 4.91. The number of likely N-dealkylation sites (N-methyl/N-ethyl adjacent to an activating group) is 1. The van der Waals surface area contributed by atoms with Crippen molar-refractivity contribution < 1.29 is 14.3 Å². The summed E-state index contributed by atoms with van der Waals surface area (Å²) < 4.78 is 5.14.